The lowest BCUT2D eigenvalue weighted by Gasteiger charge is -2.19. The third-order valence-corrected chi connectivity index (χ3v) is 3.07. The number of carbonyl (C=O) groups excluding carboxylic acids is 1. The molecule has 0 bridgehead atoms. The Morgan fingerprint density at radius 2 is 2.10 bits per heavy atom. The number of pyridine rings is 1. The van der Waals surface area contributed by atoms with Crippen molar-refractivity contribution in [3.63, 3.8) is 0 Å². The molecule has 1 unspecified atom stereocenters. The van der Waals surface area contributed by atoms with Gasteiger partial charge in [-0.25, -0.2) is 4.98 Å². The van der Waals surface area contributed by atoms with Crippen LogP contribution in [0.15, 0.2) is 12.1 Å². The highest BCUT2D eigenvalue weighted by Gasteiger charge is 2.15. The molecule has 0 aliphatic heterocycles. The SMILES string of the molecule is CCCNc1cc(C(=O)N(C)CC(C)O)cc(CCC)n1. The number of hydrogen-bond donors (Lipinski definition) is 2. The molecule has 0 radical (unpaired) electrons. The molecule has 1 heterocycles. The van der Waals surface area contributed by atoms with Crippen molar-refractivity contribution in [3.8, 4) is 0 Å². The molecule has 0 aliphatic carbocycles. The van der Waals surface area contributed by atoms with Gasteiger partial charge in [0.2, 0.25) is 0 Å². The van der Waals surface area contributed by atoms with E-state index in [0.717, 1.165) is 37.3 Å². The Bertz CT molecular complexity index is 461. The van der Waals surface area contributed by atoms with E-state index >= 15 is 0 Å². The highest BCUT2D eigenvalue weighted by atomic mass is 16.3. The number of rotatable bonds is 8. The summed E-state index contributed by atoms with van der Waals surface area (Å²) in [4.78, 5) is 18.5. The number of likely N-dealkylation sites (N-methyl/N-ethyl adjacent to an activating group) is 1. The maximum absolute atomic E-state index is 12.4. The second-order valence-electron chi connectivity index (χ2n) is 5.44. The van der Waals surface area contributed by atoms with Crippen molar-refractivity contribution in [2.75, 3.05) is 25.5 Å². The van der Waals surface area contributed by atoms with Gasteiger partial charge in [-0.1, -0.05) is 20.3 Å². The van der Waals surface area contributed by atoms with Gasteiger partial charge in [0.1, 0.15) is 5.82 Å². The first-order chi connectivity index (χ1) is 9.97. The number of hydrogen-bond acceptors (Lipinski definition) is 4. The number of aryl methyl sites for hydroxylation is 1. The van der Waals surface area contributed by atoms with Gasteiger partial charge in [-0.3, -0.25) is 4.79 Å². The van der Waals surface area contributed by atoms with Crippen LogP contribution < -0.4 is 5.32 Å². The zero-order chi connectivity index (χ0) is 15.8. The number of carbonyl (C=O) groups is 1. The number of nitrogens with zero attached hydrogens (tertiary/aromatic N) is 2. The number of amides is 1. The second kappa shape index (κ2) is 8.62. The summed E-state index contributed by atoms with van der Waals surface area (Å²) in [6, 6.07) is 3.64. The predicted octanol–water partition coefficient (Wildman–Crippen LogP) is 2.31. The average molecular weight is 293 g/mol. The monoisotopic (exact) mass is 293 g/mol. The minimum atomic E-state index is -0.534. The van der Waals surface area contributed by atoms with Gasteiger partial charge >= 0.3 is 0 Å². The van der Waals surface area contributed by atoms with Gasteiger partial charge in [-0.05, 0) is 31.9 Å². The summed E-state index contributed by atoms with van der Waals surface area (Å²) in [5.74, 6) is 0.659. The minimum absolute atomic E-state index is 0.0878. The molecule has 1 amide bonds. The summed E-state index contributed by atoms with van der Waals surface area (Å²) < 4.78 is 0. The summed E-state index contributed by atoms with van der Waals surface area (Å²) in [6.45, 7) is 7.01. The van der Waals surface area contributed by atoms with E-state index in [4.69, 9.17) is 0 Å². The van der Waals surface area contributed by atoms with Crippen LogP contribution in [0.25, 0.3) is 0 Å². The fraction of sp³-hybridized carbons (Fsp3) is 0.625. The molecule has 0 aliphatic rings. The Hall–Kier alpha value is -1.62. The van der Waals surface area contributed by atoms with Crippen LogP contribution in [-0.4, -0.2) is 47.1 Å². The number of aliphatic hydroxyl groups is 1. The minimum Gasteiger partial charge on any atom is -0.392 e. The first-order valence-electron chi connectivity index (χ1n) is 7.66. The van der Waals surface area contributed by atoms with Crippen molar-refractivity contribution in [3.05, 3.63) is 23.4 Å². The molecule has 1 atom stereocenters. The van der Waals surface area contributed by atoms with E-state index in [-0.39, 0.29) is 5.91 Å². The molecule has 0 aromatic carbocycles. The van der Waals surface area contributed by atoms with Crippen molar-refractivity contribution < 1.29 is 9.90 Å². The molecule has 118 valence electrons. The number of nitrogens with one attached hydrogen (secondary N) is 1. The maximum atomic E-state index is 12.4. The average Bonchev–Trinajstić information content (AvgIpc) is 2.43. The van der Waals surface area contributed by atoms with E-state index in [9.17, 15) is 9.90 Å². The van der Waals surface area contributed by atoms with Crippen molar-refractivity contribution in [2.24, 2.45) is 0 Å². The third kappa shape index (κ3) is 5.71. The van der Waals surface area contributed by atoms with Gasteiger partial charge in [-0.2, -0.15) is 0 Å². The summed E-state index contributed by atoms with van der Waals surface area (Å²) >= 11 is 0. The van der Waals surface area contributed by atoms with Crippen molar-refractivity contribution in [1.29, 1.82) is 0 Å². The Labute approximate surface area is 127 Å². The smallest absolute Gasteiger partial charge is 0.253 e. The maximum Gasteiger partial charge on any atom is 0.253 e. The van der Waals surface area contributed by atoms with E-state index in [1.807, 2.05) is 6.07 Å². The van der Waals surface area contributed by atoms with Crippen LogP contribution >= 0.6 is 0 Å². The summed E-state index contributed by atoms with van der Waals surface area (Å²) in [6.07, 6.45) is 2.31. The molecule has 5 heteroatoms. The van der Waals surface area contributed by atoms with Gasteiger partial charge < -0.3 is 15.3 Å². The number of aromatic nitrogens is 1. The van der Waals surface area contributed by atoms with E-state index in [1.54, 1.807) is 24.9 Å². The van der Waals surface area contributed by atoms with Crippen LogP contribution in [0.2, 0.25) is 0 Å². The lowest BCUT2D eigenvalue weighted by molar-refractivity contribution is 0.0703. The molecular formula is C16H27N3O2. The van der Waals surface area contributed by atoms with Crippen LogP contribution in [0, 0.1) is 0 Å². The van der Waals surface area contributed by atoms with Gasteiger partial charge in [0, 0.05) is 31.4 Å². The molecule has 1 rings (SSSR count). The van der Waals surface area contributed by atoms with Gasteiger partial charge in [-0.15, -0.1) is 0 Å². The lowest BCUT2D eigenvalue weighted by Crippen LogP contribution is -2.33. The van der Waals surface area contributed by atoms with E-state index in [0.29, 0.717) is 12.1 Å². The molecule has 0 saturated carbocycles. The Kier molecular flexibility index (Phi) is 7.15. The number of aliphatic hydroxyl groups excluding tert-OH is 1. The van der Waals surface area contributed by atoms with Gasteiger partial charge in [0.15, 0.2) is 0 Å². The normalized spacial score (nSPS) is 12.0. The second-order valence-corrected chi connectivity index (χ2v) is 5.44. The van der Waals surface area contributed by atoms with Crippen molar-refractivity contribution in [2.45, 2.75) is 46.1 Å². The van der Waals surface area contributed by atoms with Crippen molar-refractivity contribution >= 4 is 11.7 Å². The van der Waals surface area contributed by atoms with Crippen LogP contribution in [-0.2, 0) is 6.42 Å². The largest absolute Gasteiger partial charge is 0.392 e. The molecule has 21 heavy (non-hydrogen) atoms. The zero-order valence-electron chi connectivity index (χ0n) is 13.5. The quantitative estimate of drug-likeness (QED) is 0.772. The zero-order valence-corrected chi connectivity index (χ0v) is 13.5. The standard InChI is InChI=1S/C16H27N3O2/c1-5-7-14-9-13(10-15(18-14)17-8-6-2)16(21)19(4)11-12(3)20/h9-10,12,20H,5-8,11H2,1-4H3,(H,17,18). The highest BCUT2D eigenvalue weighted by molar-refractivity contribution is 5.94. The van der Waals surface area contributed by atoms with E-state index in [1.165, 1.54) is 0 Å². The first-order valence-corrected chi connectivity index (χ1v) is 7.66. The molecule has 0 saturated heterocycles. The van der Waals surface area contributed by atoms with Gasteiger partial charge in [0.25, 0.3) is 5.91 Å². The molecule has 5 nitrogen and oxygen atoms in total. The van der Waals surface area contributed by atoms with Gasteiger partial charge in [0.05, 0.1) is 6.10 Å². The van der Waals surface area contributed by atoms with Crippen LogP contribution in [0.3, 0.4) is 0 Å². The highest BCUT2D eigenvalue weighted by Crippen LogP contribution is 2.14. The summed E-state index contributed by atoms with van der Waals surface area (Å²) in [5.41, 5.74) is 1.54. The number of anilines is 1. The summed E-state index contributed by atoms with van der Waals surface area (Å²) in [5, 5.41) is 12.6. The lowest BCUT2D eigenvalue weighted by atomic mass is 10.1. The molecular weight excluding hydrogens is 266 g/mol. The Balaban J connectivity index is 2.97. The first kappa shape index (κ1) is 17.4. The molecule has 0 fully saturated rings. The molecule has 1 aromatic rings. The fourth-order valence-corrected chi connectivity index (χ4v) is 2.14. The fourth-order valence-electron chi connectivity index (χ4n) is 2.14. The summed E-state index contributed by atoms with van der Waals surface area (Å²) in [7, 11) is 1.70. The Morgan fingerprint density at radius 3 is 2.67 bits per heavy atom. The topological polar surface area (TPSA) is 65.5 Å². The molecule has 0 spiro atoms. The van der Waals surface area contributed by atoms with E-state index < -0.39 is 6.10 Å². The molecule has 2 N–H and O–H groups in total. The third-order valence-electron chi connectivity index (χ3n) is 3.07. The van der Waals surface area contributed by atoms with Crippen LogP contribution in [0.4, 0.5) is 5.82 Å². The predicted molar refractivity (Wildman–Crippen MR) is 85.7 cm³/mol. The van der Waals surface area contributed by atoms with Crippen LogP contribution in [0.1, 0.15) is 49.7 Å². The van der Waals surface area contributed by atoms with Crippen LogP contribution in [0.5, 0.6) is 0 Å². The van der Waals surface area contributed by atoms with Crippen molar-refractivity contribution in [1.82, 2.24) is 9.88 Å². The Morgan fingerprint density at radius 1 is 1.38 bits per heavy atom. The molecule has 1 aromatic heterocycles. The van der Waals surface area contributed by atoms with E-state index in [2.05, 4.69) is 24.1 Å².